The Labute approximate surface area is 126 Å². The van der Waals surface area contributed by atoms with E-state index in [4.69, 9.17) is 9.47 Å². The average molecular weight is 308 g/mol. The first-order valence-corrected chi connectivity index (χ1v) is 6.84. The summed E-state index contributed by atoms with van der Waals surface area (Å²) in [5.41, 5.74) is -0.463. The van der Waals surface area contributed by atoms with Gasteiger partial charge in [-0.25, -0.2) is 0 Å². The zero-order valence-corrected chi connectivity index (χ0v) is 12.1. The van der Waals surface area contributed by atoms with Gasteiger partial charge >= 0.3 is 0 Å². The van der Waals surface area contributed by atoms with E-state index in [0.717, 1.165) is 6.07 Å². The summed E-state index contributed by atoms with van der Waals surface area (Å²) in [4.78, 5) is 25.2. The second-order valence-corrected chi connectivity index (χ2v) is 5.83. The molecule has 22 heavy (non-hydrogen) atoms. The van der Waals surface area contributed by atoms with Crippen LogP contribution in [0.5, 0.6) is 17.2 Å². The van der Waals surface area contributed by atoms with Crippen molar-refractivity contribution in [1.82, 2.24) is 0 Å². The van der Waals surface area contributed by atoms with E-state index in [1.807, 2.05) is 0 Å². The second kappa shape index (κ2) is 4.69. The first-order chi connectivity index (χ1) is 10.3. The smallest absolute Gasteiger partial charge is 0.173 e. The van der Waals surface area contributed by atoms with Crippen molar-refractivity contribution in [1.29, 1.82) is 0 Å². The number of aliphatic hydroxyl groups is 1. The van der Waals surface area contributed by atoms with Gasteiger partial charge in [-0.2, -0.15) is 0 Å². The summed E-state index contributed by atoms with van der Waals surface area (Å²) < 4.78 is 10.1. The summed E-state index contributed by atoms with van der Waals surface area (Å²) in [5.74, 6) is -5.06. The van der Waals surface area contributed by atoms with Crippen LogP contribution in [0, 0.1) is 11.8 Å². The largest absolute Gasteiger partial charge is 0.507 e. The highest BCUT2D eigenvalue weighted by atomic mass is 16.6. The van der Waals surface area contributed by atoms with Crippen molar-refractivity contribution in [2.75, 3.05) is 13.7 Å². The molecule has 1 aliphatic carbocycles. The number of benzene rings is 1. The number of hydrogen-bond acceptors (Lipinski definition) is 7. The molecule has 0 unspecified atom stereocenters. The lowest BCUT2D eigenvalue weighted by atomic mass is 9.70. The van der Waals surface area contributed by atoms with Gasteiger partial charge in [0, 0.05) is 18.4 Å². The van der Waals surface area contributed by atoms with Gasteiger partial charge in [-0.1, -0.05) is 0 Å². The van der Waals surface area contributed by atoms with E-state index in [2.05, 4.69) is 0 Å². The van der Waals surface area contributed by atoms with Gasteiger partial charge in [0.2, 0.25) is 0 Å². The van der Waals surface area contributed by atoms with Crippen LogP contribution in [0.3, 0.4) is 0 Å². The molecule has 3 N–H and O–H groups in total. The molecule has 1 aliphatic heterocycles. The fourth-order valence-electron chi connectivity index (χ4n) is 3.18. The number of Topliss-reactive ketones (excluding diaryl/α,β-unsaturated/α-hetero) is 2. The Morgan fingerprint density at radius 1 is 1.23 bits per heavy atom. The quantitative estimate of drug-likeness (QED) is 0.659. The van der Waals surface area contributed by atoms with Crippen LogP contribution in [0.2, 0.25) is 0 Å². The molecule has 0 radical (unpaired) electrons. The highest BCUT2D eigenvalue weighted by Gasteiger charge is 2.50. The molecule has 1 fully saturated rings. The number of ketones is 2. The van der Waals surface area contributed by atoms with Crippen LogP contribution in [-0.4, -0.2) is 46.4 Å². The Balaban J connectivity index is 2.19. The van der Waals surface area contributed by atoms with Crippen molar-refractivity contribution in [2.45, 2.75) is 19.1 Å². The zero-order chi connectivity index (χ0) is 16.2. The Morgan fingerprint density at radius 2 is 1.86 bits per heavy atom. The number of fused-ring (bicyclic) bond motifs is 2. The zero-order valence-electron chi connectivity index (χ0n) is 12.1. The number of carbonyl (C=O) groups excluding carboxylic acids is 2. The number of rotatable bonds is 1. The van der Waals surface area contributed by atoms with Gasteiger partial charge in [0.15, 0.2) is 28.9 Å². The molecule has 2 aliphatic rings. The first kappa shape index (κ1) is 14.8. The second-order valence-electron chi connectivity index (χ2n) is 5.83. The van der Waals surface area contributed by atoms with E-state index in [-0.39, 0.29) is 29.9 Å². The maximum absolute atomic E-state index is 12.7. The molecule has 1 aromatic rings. The minimum Gasteiger partial charge on any atom is -0.507 e. The number of hydrogen-bond donors (Lipinski definition) is 3. The fourth-order valence-corrected chi connectivity index (χ4v) is 3.18. The van der Waals surface area contributed by atoms with E-state index in [1.54, 1.807) is 0 Å². The molecule has 7 nitrogen and oxygen atoms in total. The predicted octanol–water partition coefficient (Wildman–Crippen LogP) is 0.847. The highest BCUT2D eigenvalue weighted by Crippen LogP contribution is 2.47. The summed E-state index contributed by atoms with van der Waals surface area (Å²) in [5, 5.41) is 30.2. The molecule has 1 aromatic carbocycles. The molecule has 0 aromatic heterocycles. The summed E-state index contributed by atoms with van der Waals surface area (Å²) in [6.07, 6.45) is -0.0565. The van der Waals surface area contributed by atoms with Gasteiger partial charge in [-0.05, 0) is 6.92 Å². The van der Waals surface area contributed by atoms with Crippen molar-refractivity contribution in [3.05, 3.63) is 17.2 Å². The van der Waals surface area contributed by atoms with Gasteiger partial charge in [-0.3, -0.25) is 9.59 Å². The van der Waals surface area contributed by atoms with Gasteiger partial charge in [0.05, 0.1) is 30.8 Å². The Hall–Kier alpha value is -2.12. The lowest BCUT2D eigenvalue weighted by molar-refractivity contribution is -0.227. The molecule has 0 saturated carbocycles. The summed E-state index contributed by atoms with van der Waals surface area (Å²) in [6.45, 7) is 1.30. The van der Waals surface area contributed by atoms with E-state index in [9.17, 15) is 24.9 Å². The van der Waals surface area contributed by atoms with Crippen LogP contribution >= 0.6 is 0 Å². The number of ether oxygens (including phenoxy) is 2. The van der Waals surface area contributed by atoms with E-state index in [0.29, 0.717) is 0 Å². The molecule has 0 spiro atoms. The van der Waals surface area contributed by atoms with Gasteiger partial charge < -0.3 is 24.8 Å². The van der Waals surface area contributed by atoms with Crippen LogP contribution in [0.4, 0.5) is 0 Å². The van der Waals surface area contributed by atoms with Crippen LogP contribution in [-0.2, 0) is 4.74 Å². The van der Waals surface area contributed by atoms with Crippen molar-refractivity contribution >= 4 is 11.6 Å². The Kier molecular flexibility index (Phi) is 3.15. The third-order valence-electron chi connectivity index (χ3n) is 4.29. The SMILES string of the molecule is COc1cc(O)c2c(c1O)C(=O)[C@@H]1C[C@](C)(O)OC[C@H]1C2=O. The summed E-state index contributed by atoms with van der Waals surface area (Å²) in [6, 6.07) is 1.10. The van der Waals surface area contributed by atoms with Crippen molar-refractivity contribution < 1.29 is 34.4 Å². The predicted molar refractivity (Wildman–Crippen MR) is 73.2 cm³/mol. The van der Waals surface area contributed by atoms with Crippen molar-refractivity contribution in [3.8, 4) is 17.2 Å². The third kappa shape index (κ3) is 1.97. The van der Waals surface area contributed by atoms with Gasteiger partial charge in [0.1, 0.15) is 5.75 Å². The molecule has 3 atom stereocenters. The first-order valence-electron chi connectivity index (χ1n) is 6.84. The number of methoxy groups -OCH3 is 1. The maximum Gasteiger partial charge on any atom is 0.173 e. The molecule has 3 rings (SSSR count). The van der Waals surface area contributed by atoms with Crippen LogP contribution in [0.1, 0.15) is 34.1 Å². The summed E-state index contributed by atoms with van der Waals surface area (Å²) in [7, 11) is 1.28. The van der Waals surface area contributed by atoms with Gasteiger partial charge in [-0.15, -0.1) is 0 Å². The molecule has 0 amide bonds. The van der Waals surface area contributed by atoms with E-state index >= 15 is 0 Å². The highest BCUT2D eigenvalue weighted by molar-refractivity contribution is 6.19. The molecular weight excluding hydrogens is 292 g/mol. The Morgan fingerprint density at radius 3 is 2.50 bits per heavy atom. The topological polar surface area (TPSA) is 113 Å². The van der Waals surface area contributed by atoms with E-state index < -0.39 is 40.7 Å². The fraction of sp³-hybridized carbons (Fsp3) is 0.467. The van der Waals surface area contributed by atoms with Crippen LogP contribution in [0.25, 0.3) is 0 Å². The molecule has 0 bridgehead atoms. The maximum atomic E-state index is 12.7. The molecular formula is C15H16O7. The van der Waals surface area contributed by atoms with Crippen molar-refractivity contribution in [3.63, 3.8) is 0 Å². The Bertz CT molecular complexity index is 677. The van der Waals surface area contributed by atoms with Crippen LogP contribution < -0.4 is 4.74 Å². The number of carbonyl (C=O) groups is 2. The lowest BCUT2D eigenvalue weighted by Crippen LogP contribution is -2.49. The number of phenolic OH excluding ortho intramolecular Hbond substituents is 2. The number of phenols is 2. The van der Waals surface area contributed by atoms with E-state index in [1.165, 1.54) is 14.0 Å². The number of aromatic hydroxyl groups is 2. The lowest BCUT2D eigenvalue weighted by Gasteiger charge is -2.40. The third-order valence-corrected chi connectivity index (χ3v) is 4.29. The minimum absolute atomic E-state index is 0.0565. The van der Waals surface area contributed by atoms with Gasteiger partial charge in [0.25, 0.3) is 0 Å². The normalized spacial score (nSPS) is 30.7. The van der Waals surface area contributed by atoms with Crippen molar-refractivity contribution in [2.24, 2.45) is 11.8 Å². The van der Waals surface area contributed by atoms with Crippen LogP contribution in [0.15, 0.2) is 6.07 Å². The standard InChI is InChI=1S/C15H16O7/c1-15(20)4-6-7(5-22-15)13(18)10-8(16)3-9(21-2)14(19)11(10)12(6)17/h3,6-7,16,19-20H,4-5H2,1-2H3/t6-,7-,15-/m1/s1. The molecule has 1 saturated heterocycles. The summed E-state index contributed by atoms with van der Waals surface area (Å²) >= 11 is 0. The average Bonchev–Trinajstić information content (AvgIpc) is 2.45. The molecule has 1 heterocycles. The molecule has 7 heteroatoms. The molecule has 118 valence electrons. The minimum atomic E-state index is -1.51. The monoisotopic (exact) mass is 308 g/mol.